The molecule has 0 N–H and O–H groups in total. The molecule has 2 rings (SSSR count). The van der Waals surface area contributed by atoms with Gasteiger partial charge < -0.3 is 9.47 Å². The van der Waals surface area contributed by atoms with Crippen molar-refractivity contribution in [2.45, 2.75) is 51.9 Å². The fourth-order valence-electron chi connectivity index (χ4n) is 2.86. The number of hydrogen-bond donors (Lipinski definition) is 0. The van der Waals surface area contributed by atoms with Crippen LogP contribution in [0.25, 0.3) is 0 Å². The standard InChI is InChI=1S/C18H23NO6/c1-4-23-17(22)16-18(3,25-13(2)20)11-10-15(21)19(16)24-12-14-8-6-5-7-9-14/h5-9,16H,4,10-12H2,1-3H3. The van der Waals surface area contributed by atoms with Crippen LogP contribution in [0, 0.1) is 0 Å². The van der Waals surface area contributed by atoms with Gasteiger partial charge in [-0.05, 0) is 25.8 Å². The van der Waals surface area contributed by atoms with Crippen LogP contribution in [0.4, 0.5) is 0 Å². The molecule has 25 heavy (non-hydrogen) atoms. The van der Waals surface area contributed by atoms with E-state index >= 15 is 0 Å². The maximum atomic E-state index is 12.5. The third kappa shape index (κ3) is 4.57. The van der Waals surface area contributed by atoms with Crippen molar-refractivity contribution in [3.8, 4) is 0 Å². The Morgan fingerprint density at radius 3 is 2.56 bits per heavy atom. The van der Waals surface area contributed by atoms with E-state index in [0.717, 1.165) is 10.6 Å². The normalized spacial score (nSPS) is 23.2. The second-order valence-electron chi connectivity index (χ2n) is 6.04. The van der Waals surface area contributed by atoms with Crippen molar-refractivity contribution in [3.63, 3.8) is 0 Å². The molecule has 0 radical (unpaired) electrons. The van der Waals surface area contributed by atoms with Crippen LogP contribution < -0.4 is 0 Å². The molecule has 1 aromatic carbocycles. The van der Waals surface area contributed by atoms with Gasteiger partial charge in [0.15, 0.2) is 6.04 Å². The van der Waals surface area contributed by atoms with E-state index in [0.29, 0.717) is 0 Å². The Kier molecular flexibility index (Phi) is 6.14. The van der Waals surface area contributed by atoms with Crippen LogP contribution in [0.5, 0.6) is 0 Å². The second-order valence-corrected chi connectivity index (χ2v) is 6.04. The lowest BCUT2D eigenvalue weighted by Gasteiger charge is -2.44. The van der Waals surface area contributed by atoms with Gasteiger partial charge >= 0.3 is 11.9 Å². The van der Waals surface area contributed by atoms with E-state index in [1.807, 2.05) is 30.3 Å². The molecular formula is C18H23NO6. The average Bonchev–Trinajstić information content (AvgIpc) is 2.56. The van der Waals surface area contributed by atoms with Gasteiger partial charge in [-0.1, -0.05) is 30.3 Å². The van der Waals surface area contributed by atoms with E-state index in [9.17, 15) is 14.4 Å². The van der Waals surface area contributed by atoms with Crippen molar-refractivity contribution in [2.24, 2.45) is 0 Å². The Morgan fingerprint density at radius 2 is 1.96 bits per heavy atom. The molecule has 1 fully saturated rings. The minimum Gasteiger partial charge on any atom is -0.464 e. The molecule has 0 aliphatic carbocycles. The number of rotatable bonds is 6. The Balaban J connectivity index is 2.26. The predicted molar refractivity (Wildman–Crippen MR) is 87.9 cm³/mol. The van der Waals surface area contributed by atoms with Gasteiger partial charge in [-0.25, -0.2) is 9.86 Å². The monoisotopic (exact) mass is 349 g/mol. The molecule has 1 aliphatic heterocycles. The Labute approximate surface area is 146 Å². The summed E-state index contributed by atoms with van der Waals surface area (Å²) in [4.78, 5) is 42.0. The molecule has 1 heterocycles. The number of carbonyl (C=O) groups is 3. The number of esters is 2. The zero-order valence-corrected chi connectivity index (χ0v) is 14.7. The lowest BCUT2D eigenvalue weighted by molar-refractivity contribution is -0.249. The maximum absolute atomic E-state index is 12.5. The van der Waals surface area contributed by atoms with E-state index in [4.69, 9.17) is 14.3 Å². The summed E-state index contributed by atoms with van der Waals surface area (Å²) in [6, 6.07) is 8.11. The number of carbonyl (C=O) groups excluding carboxylic acids is 3. The SMILES string of the molecule is CCOC(=O)C1N(OCc2ccccc2)C(=O)CCC1(C)OC(C)=O. The van der Waals surface area contributed by atoms with Gasteiger partial charge in [0.2, 0.25) is 5.91 Å². The summed E-state index contributed by atoms with van der Waals surface area (Å²) >= 11 is 0. The van der Waals surface area contributed by atoms with E-state index in [1.165, 1.54) is 6.92 Å². The summed E-state index contributed by atoms with van der Waals surface area (Å²) in [5.41, 5.74) is -0.361. The van der Waals surface area contributed by atoms with Gasteiger partial charge in [0, 0.05) is 13.3 Å². The third-order valence-electron chi connectivity index (χ3n) is 3.99. The number of hydrogen-bond acceptors (Lipinski definition) is 6. The first kappa shape index (κ1) is 18.9. The van der Waals surface area contributed by atoms with Crippen molar-refractivity contribution < 1.29 is 28.7 Å². The molecule has 2 unspecified atom stereocenters. The highest BCUT2D eigenvalue weighted by atomic mass is 16.7. The number of benzene rings is 1. The molecule has 7 nitrogen and oxygen atoms in total. The maximum Gasteiger partial charge on any atom is 0.335 e. The van der Waals surface area contributed by atoms with Gasteiger partial charge in [0.25, 0.3) is 0 Å². The molecule has 2 atom stereocenters. The number of ether oxygens (including phenoxy) is 2. The van der Waals surface area contributed by atoms with Crippen molar-refractivity contribution in [2.75, 3.05) is 6.61 Å². The first-order valence-electron chi connectivity index (χ1n) is 8.22. The fraction of sp³-hybridized carbons (Fsp3) is 0.500. The number of nitrogens with zero attached hydrogens (tertiary/aromatic N) is 1. The van der Waals surface area contributed by atoms with Crippen LogP contribution in [-0.4, -0.2) is 41.2 Å². The van der Waals surface area contributed by atoms with Gasteiger partial charge in [0.05, 0.1) is 6.61 Å². The molecular weight excluding hydrogens is 326 g/mol. The summed E-state index contributed by atoms with van der Waals surface area (Å²) in [7, 11) is 0. The minimum atomic E-state index is -1.21. The molecule has 1 aromatic rings. The van der Waals surface area contributed by atoms with Crippen LogP contribution in [0.3, 0.4) is 0 Å². The Morgan fingerprint density at radius 1 is 1.28 bits per heavy atom. The molecule has 0 aromatic heterocycles. The topological polar surface area (TPSA) is 82.1 Å². The van der Waals surface area contributed by atoms with E-state index < -0.39 is 23.6 Å². The fourth-order valence-corrected chi connectivity index (χ4v) is 2.86. The minimum absolute atomic E-state index is 0.106. The molecule has 0 saturated carbocycles. The van der Waals surface area contributed by atoms with Crippen LogP contribution in [0.1, 0.15) is 39.2 Å². The summed E-state index contributed by atoms with van der Waals surface area (Å²) < 4.78 is 10.5. The smallest absolute Gasteiger partial charge is 0.335 e. The van der Waals surface area contributed by atoms with Crippen molar-refractivity contribution >= 4 is 17.8 Å². The Hall–Kier alpha value is -2.41. The molecule has 0 spiro atoms. The van der Waals surface area contributed by atoms with Gasteiger partial charge in [-0.15, -0.1) is 0 Å². The van der Waals surface area contributed by atoms with Crippen molar-refractivity contribution in [3.05, 3.63) is 35.9 Å². The highest BCUT2D eigenvalue weighted by molar-refractivity contribution is 5.87. The second kappa shape index (κ2) is 8.11. The Bertz CT molecular complexity index is 632. The van der Waals surface area contributed by atoms with E-state index in [-0.39, 0.29) is 32.0 Å². The third-order valence-corrected chi connectivity index (χ3v) is 3.99. The zero-order valence-electron chi connectivity index (χ0n) is 14.7. The van der Waals surface area contributed by atoms with E-state index in [1.54, 1.807) is 13.8 Å². The molecule has 1 aliphatic rings. The highest BCUT2D eigenvalue weighted by Gasteiger charge is 2.53. The number of piperidine rings is 1. The number of amides is 1. The van der Waals surface area contributed by atoms with Crippen LogP contribution in [0.2, 0.25) is 0 Å². The van der Waals surface area contributed by atoms with Gasteiger partial charge in [-0.2, -0.15) is 0 Å². The lowest BCUT2D eigenvalue weighted by Crippen LogP contribution is -2.62. The number of hydroxylamine groups is 2. The van der Waals surface area contributed by atoms with Gasteiger partial charge in [0.1, 0.15) is 12.2 Å². The molecule has 0 bridgehead atoms. The largest absolute Gasteiger partial charge is 0.464 e. The average molecular weight is 349 g/mol. The van der Waals surface area contributed by atoms with Gasteiger partial charge in [-0.3, -0.25) is 14.4 Å². The summed E-state index contributed by atoms with van der Waals surface area (Å²) in [5, 5.41) is 0.997. The summed E-state index contributed by atoms with van der Waals surface area (Å²) in [6.07, 6.45) is 0.328. The first-order chi connectivity index (χ1) is 11.9. The van der Waals surface area contributed by atoms with Crippen LogP contribution in [0.15, 0.2) is 30.3 Å². The summed E-state index contributed by atoms with van der Waals surface area (Å²) in [6.45, 7) is 4.80. The zero-order chi connectivity index (χ0) is 18.4. The summed E-state index contributed by atoms with van der Waals surface area (Å²) in [5.74, 6) is -1.54. The first-order valence-corrected chi connectivity index (χ1v) is 8.22. The molecule has 136 valence electrons. The highest BCUT2D eigenvalue weighted by Crippen LogP contribution is 2.33. The lowest BCUT2D eigenvalue weighted by atomic mass is 9.86. The molecule has 7 heteroatoms. The molecule has 1 amide bonds. The van der Waals surface area contributed by atoms with Crippen LogP contribution >= 0.6 is 0 Å². The predicted octanol–water partition coefficient (Wildman–Crippen LogP) is 1.99. The van der Waals surface area contributed by atoms with Crippen molar-refractivity contribution in [1.29, 1.82) is 0 Å². The molecule has 1 saturated heterocycles. The van der Waals surface area contributed by atoms with E-state index in [2.05, 4.69) is 0 Å². The van der Waals surface area contributed by atoms with Crippen LogP contribution in [-0.2, 0) is 35.3 Å². The quantitative estimate of drug-likeness (QED) is 0.731. The van der Waals surface area contributed by atoms with Crippen molar-refractivity contribution in [1.82, 2.24) is 5.06 Å².